The van der Waals surface area contributed by atoms with E-state index in [0.717, 1.165) is 22.6 Å². The van der Waals surface area contributed by atoms with Crippen LogP contribution in [0.3, 0.4) is 0 Å². The molecule has 3 aliphatic heterocycles. The lowest BCUT2D eigenvalue weighted by atomic mass is 9.99. The van der Waals surface area contributed by atoms with Crippen LogP contribution in [0.2, 0.25) is 0 Å². The van der Waals surface area contributed by atoms with E-state index < -0.39 is 5.66 Å². The third-order valence-electron chi connectivity index (χ3n) is 6.59. The SMILES string of the molecule is Cc1cn(-c2ccc(/C=C3\OCCN=C3NC3(Nc4ccc(F)cc4)CCOCC3)c3c2OCO3)cn1. The number of imidazole rings is 1. The predicted molar refractivity (Wildman–Crippen MR) is 137 cm³/mol. The van der Waals surface area contributed by atoms with Crippen molar-refractivity contribution in [2.24, 2.45) is 4.99 Å². The highest BCUT2D eigenvalue weighted by atomic mass is 19.1. The van der Waals surface area contributed by atoms with Crippen LogP contribution >= 0.6 is 0 Å². The molecule has 0 unspecified atom stereocenters. The summed E-state index contributed by atoms with van der Waals surface area (Å²) in [6, 6.07) is 10.3. The van der Waals surface area contributed by atoms with Crippen LogP contribution in [-0.2, 0) is 9.47 Å². The fraction of sp³-hybridized carbons (Fsp3) is 0.333. The molecule has 0 saturated carbocycles. The van der Waals surface area contributed by atoms with Crippen molar-refractivity contribution in [3.05, 3.63) is 71.8 Å². The summed E-state index contributed by atoms with van der Waals surface area (Å²) in [5.41, 5.74) is 2.88. The van der Waals surface area contributed by atoms with Gasteiger partial charge in [-0.15, -0.1) is 0 Å². The minimum absolute atomic E-state index is 0.140. The number of aromatic nitrogens is 2. The third kappa shape index (κ3) is 4.84. The van der Waals surface area contributed by atoms with E-state index in [-0.39, 0.29) is 12.6 Å². The molecule has 6 rings (SSSR count). The Bertz CT molecular complexity index is 1350. The van der Waals surface area contributed by atoms with Crippen molar-refractivity contribution in [1.29, 1.82) is 0 Å². The average molecular weight is 506 g/mol. The Morgan fingerprint density at radius 1 is 0.973 bits per heavy atom. The van der Waals surface area contributed by atoms with Crippen molar-refractivity contribution in [3.63, 3.8) is 0 Å². The van der Waals surface area contributed by atoms with Crippen molar-refractivity contribution in [2.75, 3.05) is 38.5 Å². The van der Waals surface area contributed by atoms with Gasteiger partial charge in [0.05, 0.1) is 37.5 Å². The fourth-order valence-electron chi connectivity index (χ4n) is 4.72. The van der Waals surface area contributed by atoms with Gasteiger partial charge in [0, 0.05) is 30.3 Å². The zero-order valence-corrected chi connectivity index (χ0v) is 20.5. The highest BCUT2D eigenvalue weighted by Crippen LogP contribution is 2.42. The quantitative estimate of drug-likeness (QED) is 0.506. The molecule has 3 aliphatic rings. The van der Waals surface area contributed by atoms with Crippen molar-refractivity contribution >= 4 is 17.6 Å². The Morgan fingerprint density at radius 2 is 1.78 bits per heavy atom. The molecule has 3 aromatic rings. The number of ether oxygens (including phenoxy) is 4. The van der Waals surface area contributed by atoms with E-state index in [4.69, 9.17) is 23.9 Å². The zero-order valence-electron chi connectivity index (χ0n) is 20.5. The summed E-state index contributed by atoms with van der Waals surface area (Å²) >= 11 is 0. The van der Waals surface area contributed by atoms with Crippen molar-refractivity contribution in [2.45, 2.75) is 25.4 Å². The average Bonchev–Trinajstić information content (AvgIpc) is 3.57. The van der Waals surface area contributed by atoms with Crippen LogP contribution < -0.4 is 20.1 Å². The first kappa shape index (κ1) is 23.4. The van der Waals surface area contributed by atoms with Crippen LogP contribution in [0.5, 0.6) is 11.5 Å². The molecule has 0 atom stereocenters. The topological polar surface area (TPSA) is 91.2 Å². The minimum Gasteiger partial charge on any atom is -0.488 e. The molecule has 0 spiro atoms. The van der Waals surface area contributed by atoms with E-state index >= 15 is 0 Å². The van der Waals surface area contributed by atoms with Gasteiger partial charge < -0.3 is 34.1 Å². The van der Waals surface area contributed by atoms with Gasteiger partial charge in [-0.1, -0.05) is 0 Å². The second-order valence-electron chi connectivity index (χ2n) is 9.20. The predicted octanol–water partition coefficient (Wildman–Crippen LogP) is 4.03. The monoisotopic (exact) mass is 505 g/mol. The smallest absolute Gasteiger partial charge is 0.231 e. The Kier molecular flexibility index (Phi) is 6.17. The molecule has 2 N–H and O–H groups in total. The number of benzene rings is 2. The van der Waals surface area contributed by atoms with Crippen LogP contribution in [0.1, 0.15) is 24.1 Å². The normalized spacial score (nSPS) is 19.3. The first-order valence-corrected chi connectivity index (χ1v) is 12.3. The standard InChI is InChI=1S/C27H28FN5O4/c1-18-15-33(16-30-18)22-7-2-19(24-25(22)37-17-36-24)14-23-26(29-10-13-35-23)32-27(8-11-34-12-9-27)31-21-5-3-20(28)4-6-21/h2-7,14-16,31H,8-13,17H2,1H3,(H,29,32)/b23-14-. The van der Waals surface area contributed by atoms with Gasteiger partial charge >= 0.3 is 0 Å². The number of nitrogens with one attached hydrogen (secondary N) is 2. The van der Waals surface area contributed by atoms with Crippen LogP contribution in [0.25, 0.3) is 11.8 Å². The van der Waals surface area contributed by atoms with E-state index in [1.807, 2.05) is 35.9 Å². The molecule has 4 heterocycles. The first-order valence-electron chi connectivity index (χ1n) is 12.3. The van der Waals surface area contributed by atoms with Crippen LogP contribution in [0.15, 0.2) is 59.7 Å². The first-order chi connectivity index (χ1) is 18.1. The van der Waals surface area contributed by atoms with Crippen LogP contribution in [0, 0.1) is 12.7 Å². The summed E-state index contributed by atoms with van der Waals surface area (Å²) in [4.78, 5) is 9.07. The van der Waals surface area contributed by atoms with E-state index in [1.54, 1.807) is 18.5 Å². The molecule has 1 aromatic heterocycles. The zero-order chi connectivity index (χ0) is 25.2. The van der Waals surface area contributed by atoms with Gasteiger partial charge in [0.1, 0.15) is 18.1 Å². The maximum absolute atomic E-state index is 13.5. The van der Waals surface area contributed by atoms with Crippen molar-refractivity contribution < 1.29 is 23.3 Å². The van der Waals surface area contributed by atoms with E-state index in [0.29, 0.717) is 62.3 Å². The second kappa shape index (κ2) is 9.78. The van der Waals surface area contributed by atoms with Crippen molar-refractivity contribution in [1.82, 2.24) is 14.9 Å². The summed E-state index contributed by atoms with van der Waals surface area (Å²) in [6.45, 7) is 4.27. The summed E-state index contributed by atoms with van der Waals surface area (Å²) in [5, 5.41) is 7.15. The van der Waals surface area contributed by atoms with Gasteiger partial charge in [0.25, 0.3) is 0 Å². The second-order valence-corrected chi connectivity index (χ2v) is 9.20. The van der Waals surface area contributed by atoms with Gasteiger partial charge in [-0.3, -0.25) is 4.99 Å². The molecule has 0 aliphatic carbocycles. The molecular weight excluding hydrogens is 477 g/mol. The van der Waals surface area contributed by atoms with Gasteiger partial charge in [0.2, 0.25) is 6.79 Å². The highest BCUT2D eigenvalue weighted by molar-refractivity contribution is 6.01. The van der Waals surface area contributed by atoms with Crippen LogP contribution in [0.4, 0.5) is 10.1 Å². The van der Waals surface area contributed by atoms with E-state index in [2.05, 4.69) is 15.6 Å². The maximum Gasteiger partial charge on any atom is 0.231 e. The lowest BCUT2D eigenvalue weighted by Gasteiger charge is -2.41. The Morgan fingerprint density at radius 3 is 2.57 bits per heavy atom. The largest absolute Gasteiger partial charge is 0.488 e. The lowest BCUT2D eigenvalue weighted by Crippen LogP contribution is -2.58. The molecule has 192 valence electrons. The maximum atomic E-state index is 13.5. The number of aryl methyl sites for hydroxylation is 1. The van der Waals surface area contributed by atoms with Crippen LogP contribution in [-0.4, -0.2) is 54.2 Å². The molecule has 1 saturated heterocycles. The fourth-order valence-corrected chi connectivity index (χ4v) is 4.72. The molecule has 1 fully saturated rings. The number of nitrogens with zero attached hydrogens (tertiary/aromatic N) is 3. The summed E-state index contributed by atoms with van der Waals surface area (Å²) in [5.74, 6) is 2.29. The molecule has 10 heteroatoms. The Hall–Kier alpha value is -4.05. The number of amidine groups is 1. The van der Waals surface area contributed by atoms with Gasteiger partial charge in [-0.05, 0) is 49.4 Å². The number of hydrogen-bond acceptors (Lipinski definition) is 8. The molecule has 37 heavy (non-hydrogen) atoms. The highest BCUT2D eigenvalue weighted by Gasteiger charge is 2.35. The number of aliphatic imine (C=N–C) groups is 1. The number of fused-ring (bicyclic) bond motifs is 1. The number of hydrogen-bond donors (Lipinski definition) is 2. The van der Waals surface area contributed by atoms with Gasteiger partial charge in [-0.2, -0.15) is 0 Å². The summed E-state index contributed by atoms with van der Waals surface area (Å²) < 4.78 is 38.8. The molecule has 0 radical (unpaired) electrons. The number of halogens is 1. The van der Waals surface area contributed by atoms with Crippen molar-refractivity contribution in [3.8, 4) is 17.2 Å². The van der Waals surface area contributed by atoms with E-state index in [9.17, 15) is 4.39 Å². The molecule has 9 nitrogen and oxygen atoms in total. The summed E-state index contributed by atoms with van der Waals surface area (Å²) in [6.07, 6.45) is 7.01. The summed E-state index contributed by atoms with van der Waals surface area (Å²) in [7, 11) is 0. The molecule has 0 amide bonds. The minimum atomic E-state index is -0.528. The van der Waals surface area contributed by atoms with Gasteiger partial charge in [0.15, 0.2) is 23.1 Å². The number of rotatable bonds is 5. The van der Waals surface area contributed by atoms with Gasteiger partial charge in [-0.25, -0.2) is 9.37 Å². The number of anilines is 1. The Labute approximate surface area is 213 Å². The molecule has 0 bridgehead atoms. The third-order valence-corrected chi connectivity index (χ3v) is 6.59. The van der Waals surface area contributed by atoms with E-state index in [1.165, 1.54) is 12.1 Å². The molecular formula is C27H28FN5O4. The Balaban J connectivity index is 1.31. The molecule has 2 aromatic carbocycles. The lowest BCUT2D eigenvalue weighted by molar-refractivity contribution is 0.0549.